The minimum absolute atomic E-state index is 0.00913. The van der Waals surface area contributed by atoms with Crippen LogP contribution < -0.4 is 75.7 Å². The van der Waals surface area contributed by atoms with Gasteiger partial charge in [0.05, 0.1) is 6.61 Å². The van der Waals surface area contributed by atoms with Gasteiger partial charge in [0, 0.05) is 99.6 Å². The van der Waals surface area contributed by atoms with E-state index in [0.717, 1.165) is 21.4 Å². The van der Waals surface area contributed by atoms with E-state index in [9.17, 15) is 24.3 Å². The number of carbonyl (C=O) groups is 11. The monoisotopic (exact) mass is 1660 g/mol. The average Bonchev–Trinajstić information content (AvgIpc) is 1.50. The average molecular weight is 1660 g/mol. The third-order valence-corrected chi connectivity index (χ3v) is 20.3. The van der Waals surface area contributed by atoms with Gasteiger partial charge in [-0.3, -0.25) is 57.7 Å². The molecule has 0 aliphatic carbocycles. The third kappa shape index (κ3) is 25.7. The van der Waals surface area contributed by atoms with Gasteiger partial charge < -0.3 is 90.6 Å². The second-order valence-corrected chi connectivity index (χ2v) is 30.8. The summed E-state index contributed by atoms with van der Waals surface area (Å²) in [5, 5.41) is 58.2. The molecule has 1 fully saturated rings. The number of H-pyrrole nitrogens is 2. The Morgan fingerprint density at radius 2 is 0.983 bits per heavy atom. The Hall–Kier alpha value is -13.6. The van der Waals surface area contributed by atoms with Gasteiger partial charge in [-0.2, -0.15) is 9.97 Å². The number of nitrogens with two attached hydrogens (primary N) is 3. The molecule has 20 N–H and O–H groups in total. The number of amides is 11. The summed E-state index contributed by atoms with van der Waals surface area (Å²) in [6.07, 6.45) is 2.60. The fraction of sp³-hybridized carbons (Fsp3) is 0.357. The number of rotatable bonds is 40. The lowest BCUT2D eigenvalue weighted by Crippen LogP contribution is -2.62. The van der Waals surface area contributed by atoms with Crippen molar-refractivity contribution in [2.24, 2.45) is 11.7 Å². The lowest BCUT2D eigenvalue weighted by Gasteiger charge is -2.33. The van der Waals surface area contributed by atoms with Crippen LogP contribution in [0.1, 0.15) is 94.2 Å². The molecule has 120 heavy (non-hydrogen) atoms. The highest BCUT2D eigenvalue weighted by Crippen LogP contribution is 2.25. The number of hydrogen-bond acceptors (Lipinski definition) is 22. The number of halogens is 1. The SMILES string of the molecule is CC(=O)N[C@H](Cc1ccc2ccccc2c1)C(=O)N[C@H](Cc1ccc(Cl)cc1)C(=O)N[C@H](Cc1cccnc1)C(=O)N[C@@H](CO)C(=O)N(C)[C@@H](Cc1ccc(Nc2nc(N)n[nH]2)cc1)C(=O)N[C@H](Cc1ccc(Nc2nc(N)n[nH]2)cc1)C(=O)N[C@@H](CC(C)C)C(=O)N[C@@H](Cc1ccc(NC(C)C)cc1)C(=O)N1CCC[C@H]1C(=O)N[C@H](C)C(N)=O. The molecule has 9 aromatic rings. The van der Waals surface area contributed by atoms with Crippen molar-refractivity contribution in [3.8, 4) is 0 Å². The lowest BCUT2D eigenvalue weighted by molar-refractivity contribution is -0.144. The number of aromatic nitrogens is 7. The van der Waals surface area contributed by atoms with Gasteiger partial charge in [0.2, 0.25) is 88.8 Å². The Bertz CT molecular complexity index is 5060. The van der Waals surface area contributed by atoms with Gasteiger partial charge in [-0.15, -0.1) is 10.2 Å². The number of primary amides is 1. The smallest absolute Gasteiger partial charge is 0.247 e. The molecule has 36 heteroatoms. The number of pyridine rings is 1. The first-order chi connectivity index (χ1) is 57.4. The summed E-state index contributed by atoms with van der Waals surface area (Å²) in [6.45, 7) is 9.33. The van der Waals surface area contributed by atoms with Crippen molar-refractivity contribution in [1.82, 2.24) is 87.7 Å². The molecule has 0 spiro atoms. The van der Waals surface area contributed by atoms with Crippen LogP contribution in [0.5, 0.6) is 0 Å². The number of anilines is 7. The first-order valence-corrected chi connectivity index (χ1v) is 39.7. The van der Waals surface area contributed by atoms with E-state index in [0.29, 0.717) is 56.2 Å². The van der Waals surface area contributed by atoms with Crippen LogP contribution in [0.3, 0.4) is 0 Å². The number of aromatic amines is 2. The Balaban J connectivity index is 0.953. The van der Waals surface area contributed by atoms with Crippen molar-refractivity contribution in [3.63, 3.8) is 0 Å². The molecule has 6 aromatic carbocycles. The lowest BCUT2D eigenvalue weighted by atomic mass is 9.98. The molecular weight excluding hydrogens is 1560 g/mol. The van der Waals surface area contributed by atoms with Crippen LogP contribution in [-0.2, 0) is 91.3 Å². The molecule has 11 amide bonds. The number of fused-ring (bicyclic) bond motifs is 1. The summed E-state index contributed by atoms with van der Waals surface area (Å²) in [5.74, 6) is -8.69. The normalized spacial score (nSPS) is 14.8. The van der Waals surface area contributed by atoms with Crippen LogP contribution >= 0.6 is 11.6 Å². The first kappa shape index (κ1) is 88.8. The number of benzene rings is 6. The maximum absolute atomic E-state index is 15.8. The largest absolute Gasteiger partial charge is 0.394 e. The highest BCUT2D eigenvalue weighted by molar-refractivity contribution is 6.30. The van der Waals surface area contributed by atoms with Gasteiger partial charge >= 0.3 is 0 Å². The van der Waals surface area contributed by atoms with Gasteiger partial charge in [-0.25, -0.2) is 10.2 Å². The number of nitrogens with one attached hydrogen (secondary N) is 13. The molecule has 0 saturated carbocycles. The van der Waals surface area contributed by atoms with Crippen LogP contribution in [0, 0.1) is 5.92 Å². The summed E-state index contributed by atoms with van der Waals surface area (Å²) in [5.41, 5.74) is 22.1. The van der Waals surface area contributed by atoms with Crippen molar-refractivity contribution in [1.29, 1.82) is 0 Å². The molecular formula is C84H102ClN23O12. The second-order valence-electron chi connectivity index (χ2n) is 30.3. The number of aliphatic hydroxyl groups excluding tert-OH is 1. The van der Waals surface area contributed by atoms with Crippen LogP contribution in [0.2, 0.25) is 5.02 Å². The molecule has 10 atom stereocenters. The predicted molar refractivity (Wildman–Crippen MR) is 452 cm³/mol. The van der Waals surface area contributed by atoms with E-state index in [1.165, 1.54) is 38.2 Å². The quantitative estimate of drug-likeness (QED) is 0.0261. The molecule has 1 aliphatic heterocycles. The van der Waals surface area contributed by atoms with Crippen molar-refractivity contribution >= 4 is 128 Å². The van der Waals surface area contributed by atoms with Crippen LogP contribution in [0.25, 0.3) is 10.8 Å². The minimum Gasteiger partial charge on any atom is -0.394 e. The number of nitrogen functional groups attached to an aromatic ring is 2. The number of carbonyl (C=O) groups excluding carboxylic acids is 11. The number of likely N-dealkylation sites (tertiary alicyclic amines) is 1. The molecule has 4 heterocycles. The van der Waals surface area contributed by atoms with E-state index in [1.54, 1.807) is 97.1 Å². The van der Waals surface area contributed by atoms with Crippen LogP contribution in [0.4, 0.5) is 40.9 Å². The molecule has 0 unspecified atom stereocenters. The molecule has 1 aliphatic rings. The van der Waals surface area contributed by atoms with Gasteiger partial charge in [0.25, 0.3) is 0 Å². The standard InChI is InChI=1S/C84H102ClN23O12/c1-46(2)36-62(72(112)99-67(40-52-19-28-59(29-20-52)90-47(3)4)80(120)108-35-11-15-69(108)77(117)91-48(5)71(86)111)95-75(115)65(39-51-21-30-60(31-22-51)93-83-101-81(87)103-105-83)98-78(118)70(43-53-23-32-61(33-24-53)94-84-102-82(88)104-106-84)107(7)79(119)68(45-109)100-76(116)66(42-55-12-10-34-89-44-55)97-74(114)64(38-50-17-26-58(85)27-18-50)96-73(113)63(92-49(6)110)41-54-16-25-56-13-8-9-14-57(56)37-54/h8-10,12-14,16-34,37,44,46-48,62-70,90,109H,11,15,35-36,38-43,45H2,1-7H3,(H2,86,111)(H,91,117)(H,92,110)(H,95,115)(H,96,113)(H,97,114)(H,98,118)(H,99,112)(H,100,116)(H4,87,93,101,103,105)(H4,88,94,102,104,106)/t48-,62+,63-,64-,65-,66-,67+,68+,69+,70+/m1/s1. The summed E-state index contributed by atoms with van der Waals surface area (Å²) in [6, 6.07) is 29.6. The van der Waals surface area contributed by atoms with E-state index < -0.39 is 132 Å². The maximum Gasteiger partial charge on any atom is 0.247 e. The Morgan fingerprint density at radius 3 is 1.48 bits per heavy atom. The van der Waals surface area contributed by atoms with E-state index >= 15 is 33.6 Å². The maximum atomic E-state index is 15.8. The fourth-order valence-corrected chi connectivity index (χ4v) is 14.0. The Morgan fingerprint density at radius 1 is 0.525 bits per heavy atom. The van der Waals surface area contributed by atoms with E-state index in [1.807, 2.05) is 82.3 Å². The summed E-state index contributed by atoms with van der Waals surface area (Å²) in [4.78, 5) is 175. The topological polar surface area (TPSA) is 521 Å². The van der Waals surface area contributed by atoms with Crippen molar-refractivity contribution < 1.29 is 57.8 Å². The highest BCUT2D eigenvalue weighted by Gasteiger charge is 2.41. The number of likely N-dealkylation sites (N-methyl/N-ethyl adjacent to an activating group) is 1. The first-order valence-electron chi connectivity index (χ1n) is 39.3. The minimum atomic E-state index is -1.85. The van der Waals surface area contributed by atoms with Crippen molar-refractivity contribution in [3.05, 3.63) is 202 Å². The Labute approximate surface area is 697 Å². The van der Waals surface area contributed by atoms with E-state index in [-0.39, 0.29) is 93.7 Å². The number of aliphatic hydroxyl groups is 1. The van der Waals surface area contributed by atoms with Crippen LogP contribution in [-0.4, -0.2) is 202 Å². The second kappa shape index (κ2) is 42.0. The van der Waals surface area contributed by atoms with Crippen molar-refractivity contribution in [2.75, 3.05) is 47.6 Å². The Kier molecular flexibility index (Phi) is 31.1. The zero-order chi connectivity index (χ0) is 86.3. The third-order valence-electron chi connectivity index (χ3n) is 20.0. The fourth-order valence-electron chi connectivity index (χ4n) is 13.8. The van der Waals surface area contributed by atoms with Gasteiger partial charge in [0.1, 0.15) is 60.4 Å². The molecule has 0 bridgehead atoms. The van der Waals surface area contributed by atoms with Crippen molar-refractivity contribution in [2.45, 2.75) is 166 Å². The molecule has 3 aromatic heterocycles. The van der Waals surface area contributed by atoms with Gasteiger partial charge in [-0.1, -0.05) is 123 Å². The molecule has 1 saturated heterocycles. The summed E-state index contributed by atoms with van der Waals surface area (Å²) < 4.78 is 0. The molecule has 632 valence electrons. The van der Waals surface area contributed by atoms with Crippen LogP contribution in [0.15, 0.2) is 164 Å². The molecule has 10 rings (SSSR count). The predicted octanol–water partition coefficient (Wildman–Crippen LogP) is 3.61. The number of nitrogens with zero attached hydrogens (tertiary/aromatic N) is 7. The zero-order valence-corrected chi connectivity index (χ0v) is 68.2. The van der Waals surface area contributed by atoms with E-state index in [2.05, 4.69) is 93.8 Å². The van der Waals surface area contributed by atoms with Gasteiger partial charge in [0.15, 0.2) is 0 Å². The highest BCUT2D eigenvalue weighted by atomic mass is 35.5. The summed E-state index contributed by atoms with van der Waals surface area (Å²) >= 11 is 6.30. The van der Waals surface area contributed by atoms with Gasteiger partial charge in [-0.05, 0) is 145 Å². The zero-order valence-electron chi connectivity index (χ0n) is 67.5. The molecule has 0 radical (unpaired) electrons. The summed E-state index contributed by atoms with van der Waals surface area (Å²) in [7, 11) is 1.26. The molecule has 35 nitrogen and oxygen atoms in total. The number of hydrogen-bond donors (Lipinski definition) is 17. The van der Waals surface area contributed by atoms with E-state index in [4.69, 9.17) is 28.8 Å².